The van der Waals surface area contributed by atoms with Crippen LogP contribution in [0.5, 0.6) is 17.2 Å². The zero-order valence-corrected chi connectivity index (χ0v) is 15.2. The van der Waals surface area contributed by atoms with Crippen LogP contribution in [-0.2, 0) is 9.53 Å². The second kappa shape index (κ2) is 9.73. The normalized spacial score (nSPS) is 11.4. The Hall–Kier alpha value is -2.48. The average Bonchev–Trinajstić information content (AvgIpc) is 2.64. The monoisotopic (exact) mass is 355 g/mol. The van der Waals surface area contributed by atoms with Crippen molar-refractivity contribution in [3.05, 3.63) is 17.7 Å². The highest BCUT2D eigenvalue weighted by atomic mass is 16.5. The van der Waals surface area contributed by atoms with Crippen LogP contribution in [-0.4, -0.2) is 70.0 Å². The molecule has 0 spiro atoms. The number of rotatable bonds is 9. The number of nitrogens with zero attached hydrogens (tertiary/aromatic N) is 1. The Morgan fingerprint density at radius 1 is 1.08 bits per heavy atom. The number of esters is 1. The summed E-state index contributed by atoms with van der Waals surface area (Å²) in [4.78, 5) is 25.8. The van der Waals surface area contributed by atoms with E-state index in [0.717, 1.165) is 0 Å². The van der Waals surface area contributed by atoms with Crippen LogP contribution < -0.4 is 14.2 Å². The van der Waals surface area contributed by atoms with E-state index in [-0.39, 0.29) is 25.6 Å². The van der Waals surface area contributed by atoms with E-state index >= 15 is 0 Å². The van der Waals surface area contributed by atoms with Crippen molar-refractivity contribution < 1.29 is 33.6 Å². The van der Waals surface area contributed by atoms with Crippen LogP contribution in [0, 0.1) is 5.92 Å². The van der Waals surface area contributed by atoms with E-state index in [1.807, 2.05) is 0 Å². The van der Waals surface area contributed by atoms with Crippen LogP contribution in [0.1, 0.15) is 17.3 Å². The van der Waals surface area contributed by atoms with Crippen molar-refractivity contribution in [1.29, 1.82) is 0 Å². The predicted molar refractivity (Wildman–Crippen MR) is 90.3 cm³/mol. The Kier molecular flexibility index (Phi) is 8.00. The van der Waals surface area contributed by atoms with E-state index < -0.39 is 11.9 Å². The maximum absolute atomic E-state index is 12.8. The maximum atomic E-state index is 12.8. The van der Waals surface area contributed by atoms with Gasteiger partial charge in [-0.1, -0.05) is 6.92 Å². The summed E-state index contributed by atoms with van der Waals surface area (Å²) in [6.45, 7) is 1.61. The van der Waals surface area contributed by atoms with Gasteiger partial charge in [-0.05, 0) is 12.1 Å². The zero-order chi connectivity index (χ0) is 19.0. The van der Waals surface area contributed by atoms with Crippen molar-refractivity contribution >= 4 is 11.9 Å². The lowest BCUT2D eigenvalue weighted by molar-refractivity contribution is -0.145. The molecule has 0 aliphatic heterocycles. The summed E-state index contributed by atoms with van der Waals surface area (Å²) in [5.74, 6) is -0.268. The number of carbonyl (C=O) groups excluding carboxylic acids is 2. The predicted octanol–water partition coefficient (Wildman–Crippen LogP) is 0.956. The first-order valence-electron chi connectivity index (χ1n) is 7.71. The Labute approximate surface area is 147 Å². The number of carbonyl (C=O) groups is 2. The van der Waals surface area contributed by atoms with Crippen LogP contribution in [0.25, 0.3) is 0 Å². The Balaban J connectivity index is 3.18. The van der Waals surface area contributed by atoms with Gasteiger partial charge in [0.1, 0.15) is 0 Å². The summed E-state index contributed by atoms with van der Waals surface area (Å²) in [6, 6.07) is 3.05. The summed E-state index contributed by atoms with van der Waals surface area (Å²) < 4.78 is 20.4. The van der Waals surface area contributed by atoms with Gasteiger partial charge in [0.25, 0.3) is 5.91 Å². The van der Waals surface area contributed by atoms with Gasteiger partial charge in [0, 0.05) is 18.7 Å². The highest BCUT2D eigenvalue weighted by Gasteiger charge is 2.24. The smallest absolute Gasteiger partial charge is 0.310 e. The summed E-state index contributed by atoms with van der Waals surface area (Å²) in [5, 5.41) is 9.25. The molecule has 1 amide bonds. The number of methoxy groups -OCH3 is 4. The summed E-state index contributed by atoms with van der Waals surface area (Å²) in [6.07, 6.45) is 0. The van der Waals surface area contributed by atoms with Crippen LogP contribution in [0.15, 0.2) is 12.1 Å². The summed E-state index contributed by atoms with van der Waals surface area (Å²) in [5.41, 5.74) is 0.292. The SMILES string of the molecule is COC(=O)C(C)CN(CCO)C(=O)c1cc(OC)c(OC)c(OC)c1. The van der Waals surface area contributed by atoms with Crippen molar-refractivity contribution in [1.82, 2.24) is 4.90 Å². The van der Waals surface area contributed by atoms with Crippen molar-refractivity contribution in [3.8, 4) is 17.2 Å². The molecule has 0 bridgehead atoms. The largest absolute Gasteiger partial charge is 0.493 e. The topological polar surface area (TPSA) is 94.5 Å². The molecule has 0 saturated heterocycles. The molecule has 0 aromatic heterocycles. The first-order valence-corrected chi connectivity index (χ1v) is 7.71. The fraction of sp³-hybridized carbons (Fsp3) is 0.529. The Morgan fingerprint density at radius 3 is 2.04 bits per heavy atom. The highest BCUT2D eigenvalue weighted by molar-refractivity contribution is 5.96. The molecule has 1 N–H and O–H groups in total. The van der Waals surface area contributed by atoms with Gasteiger partial charge < -0.3 is 29.0 Å². The van der Waals surface area contributed by atoms with E-state index in [1.165, 1.54) is 45.5 Å². The molecular formula is C17H25NO7. The zero-order valence-electron chi connectivity index (χ0n) is 15.2. The molecule has 8 heteroatoms. The molecule has 1 rings (SSSR count). The molecular weight excluding hydrogens is 330 g/mol. The third-order valence-corrected chi connectivity index (χ3v) is 3.67. The van der Waals surface area contributed by atoms with E-state index in [0.29, 0.717) is 22.8 Å². The minimum atomic E-state index is -0.525. The average molecular weight is 355 g/mol. The number of benzene rings is 1. The standard InChI is InChI=1S/C17H25NO7/c1-11(17(21)25-5)10-18(6-7-19)16(20)12-8-13(22-2)15(24-4)14(9-12)23-3/h8-9,11,19H,6-7,10H2,1-5H3. The van der Waals surface area contributed by atoms with Gasteiger partial charge in [-0.2, -0.15) is 0 Å². The van der Waals surface area contributed by atoms with E-state index in [1.54, 1.807) is 6.92 Å². The third kappa shape index (κ3) is 4.99. The Morgan fingerprint density at radius 2 is 1.64 bits per heavy atom. The molecule has 0 fully saturated rings. The molecule has 8 nitrogen and oxygen atoms in total. The first-order chi connectivity index (χ1) is 11.9. The quantitative estimate of drug-likeness (QED) is 0.659. The first kappa shape index (κ1) is 20.6. The van der Waals surface area contributed by atoms with E-state index in [2.05, 4.69) is 4.74 Å². The molecule has 0 aliphatic carbocycles. The van der Waals surface area contributed by atoms with Gasteiger partial charge in [0.05, 0.1) is 41.0 Å². The molecule has 1 atom stereocenters. The van der Waals surface area contributed by atoms with Gasteiger partial charge in [-0.3, -0.25) is 9.59 Å². The fourth-order valence-corrected chi connectivity index (χ4v) is 2.39. The Bertz CT molecular complexity index is 578. The number of hydrogen-bond donors (Lipinski definition) is 1. The lowest BCUT2D eigenvalue weighted by Crippen LogP contribution is -2.39. The molecule has 140 valence electrons. The fourth-order valence-electron chi connectivity index (χ4n) is 2.39. The number of hydrogen-bond acceptors (Lipinski definition) is 7. The number of ether oxygens (including phenoxy) is 4. The second-order valence-corrected chi connectivity index (χ2v) is 5.31. The van der Waals surface area contributed by atoms with Crippen molar-refractivity contribution in [2.75, 3.05) is 48.1 Å². The van der Waals surface area contributed by atoms with Gasteiger partial charge in [0.15, 0.2) is 11.5 Å². The van der Waals surface area contributed by atoms with Crippen LogP contribution in [0.3, 0.4) is 0 Å². The molecule has 0 saturated carbocycles. The molecule has 1 unspecified atom stereocenters. The highest BCUT2D eigenvalue weighted by Crippen LogP contribution is 2.38. The van der Waals surface area contributed by atoms with Crippen molar-refractivity contribution in [2.45, 2.75) is 6.92 Å². The second-order valence-electron chi connectivity index (χ2n) is 5.31. The van der Waals surface area contributed by atoms with Crippen LogP contribution in [0.2, 0.25) is 0 Å². The third-order valence-electron chi connectivity index (χ3n) is 3.67. The van der Waals surface area contributed by atoms with E-state index in [9.17, 15) is 14.7 Å². The lowest BCUT2D eigenvalue weighted by atomic mass is 10.1. The lowest BCUT2D eigenvalue weighted by Gasteiger charge is -2.25. The van der Waals surface area contributed by atoms with E-state index in [4.69, 9.17) is 14.2 Å². The molecule has 0 heterocycles. The van der Waals surface area contributed by atoms with Gasteiger partial charge in [-0.15, -0.1) is 0 Å². The summed E-state index contributed by atoms with van der Waals surface area (Å²) in [7, 11) is 5.67. The van der Waals surface area contributed by atoms with Crippen molar-refractivity contribution in [3.63, 3.8) is 0 Å². The maximum Gasteiger partial charge on any atom is 0.310 e. The minimum Gasteiger partial charge on any atom is -0.493 e. The molecule has 1 aromatic rings. The molecule has 0 radical (unpaired) electrons. The summed E-state index contributed by atoms with van der Waals surface area (Å²) >= 11 is 0. The number of aliphatic hydroxyl groups is 1. The molecule has 0 aliphatic rings. The van der Waals surface area contributed by atoms with Gasteiger partial charge >= 0.3 is 5.97 Å². The van der Waals surface area contributed by atoms with Gasteiger partial charge in [-0.25, -0.2) is 0 Å². The van der Waals surface area contributed by atoms with Crippen molar-refractivity contribution in [2.24, 2.45) is 5.92 Å². The van der Waals surface area contributed by atoms with Crippen LogP contribution >= 0.6 is 0 Å². The number of aliphatic hydroxyl groups excluding tert-OH is 1. The minimum absolute atomic E-state index is 0.0802. The van der Waals surface area contributed by atoms with Gasteiger partial charge in [0.2, 0.25) is 5.75 Å². The molecule has 25 heavy (non-hydrogen) atoms. The van der Waals surface area contributed by atoms with Crippen LogP contribution in [0.4, 0.5) is 0 Å². The molecule has 1 aromatic carbocycles. The number of amides is 1.